The maximum Gasteiger partial charge on any atom is 0.416 e. The Kier molecular flexibility index (Phi) is 5.27. The molecule has 1 heterocycles. The molecule has 1 aromatic heterocycles. The number of aromatic nitrogens is 2. The number of thioether (sulfide) groups is 1. The number of amides is 1. The minimum Gasteiger partial charge on any atom is -0.411 e. The Bertz CT molecular complexity index is 898. The van der Waals surface area contributed by atoms with Gasteiger partial charge in [-0.25, -0.2) is 0 Å². The minimum absolute atomic E-state index is 0.0703. The number of anilines is 1. The molecule has 0 radical (unpaired) electrons. The van der Waals surface area contributed by atoms with Crippen molar-refractivity contribution < 1.29 is 22.4 Å². The molecule has 0 saturated heterocycles. The third kappa shape index (κ3) is 4.63. The molecule has 0 unspecified atom stereocenters. The van der Waals surface area contributed by atoms with Gasteiger partial charge in [-0.15, -0.1) is 10.2 Å². The second kappa shape index (κ2) is 7.61. The largest absolute Gasteiger partial charge is 0.416 e. The van der Waals surface area contributed by atoms with Crippen LogP contribution in [0.25, 0.3) is 11.5 Å². The summed E-state index contributed by atoms with van der Waals surface area (Å²) in [5, 5.41) is 10.3. The topological polar surface area (TPSA) is 68.0 Å². The maximum atomic E-state index is 12.7. The lowest BCUT2D eigenvalue weighted by molar-refractivity contribution is -0.137. The Hall–Kier alpha value is -2.81. The van der Waals surface area contributed by atoms with Crippen LogP contribution in [0.1, 0.15) is 5.56 Å². The van der Waals surface area contributed by atoms with Crippen LogP contribution in [0.2, 0.25) is 0 Å². The number of halogens is 3. The molecule has 9 heteroatoms. The molecule has 0 atom stereocenters. The van der Waals surface area contributed by atoms with E-state index in [-0.39, 0.29) is 16.7 Å². The van der Waals surface area contributed by atoms with E-state index in [0.717, 1.165) is 29.5 Å². The van der Waals surface area contributed by atoms with Crippen molar-refractivity contribution in [3.05, 3.63) is 60.2 Å². The van der Waals surface area contributed by atoms with E-state index >= 15 is 0 Å². The van der Waals surface area contributed by atoms with Crippen molar-refractivity contribution in [1.82, 2.24) is 10.2 Å². The Labute approximate surface area is 150 Å². The Morgan fingerprint density at radius 1 is 1.08 bits per heavy atom. The summed E-state index contributed by atoms with van der Waals surface area (Å²) in [5.74, 6) is -0.229. The van der Waals surface area contributed by atoms with Gasteiger partial charge in [0.2, 0.25) is 11.8 Å². The molecular formula is C17H12F3N3O2S. The van der Waals surface area contributed by atoms with Crippen molar-refractivity contribution in [2.45, 2.75) is 11.4 Å². The highest BCUT2D eigenvalue weighted by Gasteiger charge is 2.30. The molecule has 0 aliphatic heterocycles. The third-order valence-corrected chi connectivity index (χ3v) is 4.05. The van der Waals surface area contributed by atoms with Gasteiger partial charge in [-0.2, -0.15) is 13.2 Å². The van der Waals surface area contributed by atoms with E-state index in [1.807, 2.05) is 30.3 Å². The molecular weight excluding hydrogens is 367 g/mol. The second-order valence-electron chi connectivity index (χ2n) is 5.15. The molecule has 1 amide bonds. The van der Waals surface area contributed by atoms with E-state index < -0.39 is 17.6 Å². The van der Waals surface area contributed by atoms with Gasteiger partial charge in [0.05, 0.1) is 11.3 Å². The molecule has 3 rings (SSSR count). The zero-order chi connectivity index (χ0) is 18.6. The average Bonchev–Trinajstić information content (AvgIpc) is 3.09. The highest BCUT2D eigenvalue weighted by molar-refractivity contribution is 7.99. The first kappa shape index (κ1) is 18.0. The van der Waals surface area contributed by atoms with Crippen LogP contribution in [0.3, 0.4) is 0 Å². The van der Waals surface area contributed by atoms with Crippen LogP contribution < -0.4 is 5.32 Å². The number of hydrogen-bond donors (Lipinski definition) is 1. The van der Waals surface area contributed by atoms with E-state index in [0.29, 0.717) is 5.89 Å². The van der Waals surface area contributed by atoms with Gasteiger partial charge >= 0.3 is 6.18 Å². The number of hydrogen-bond acceptors (Lipinski definition) is 5. The van der Waals surface area contributed by atoms with Gasteiger partial charge in [0.1, 0.15) is 0 Å². The van der Waals surface area contributed by atoms with Gasteiger partial charge in [-0.1, -0.05) is 36.0 Å². The first-order valence-corrected chi connectivity index (χ1v) is 8.39. The zero-order valence-electron chi connectivity index (χ0n) is 13.2. The molecule has 0 aliphatic carbocycles. The normalized spacial score (nSPS) is 11.3. The number of carbonyl (C=O) groups excluding carboxylic acids is 1. The van der Waals surface area contributed by atoms with E-state index in [9.17, 15) is 18.0 Å². The summed E-state index contributed by atoms with van der Waals surface area (Å²) in [6.07, 6.45) is -4.47. The van der Waals surface area contributed by atoms with Gasteiger partial charge in [0.25, 0.3) is 5.22 Å². The standard InChI is InChI=1S/C17H12F3N3O2S/c18-17(19,20)12-7-4-8-13(9-12)21-14(24)10-26-16-23-22-15(25-16)11-5-2-1-3-6-11/h1-9H,10H2,(H,21,24). The highest BCUT2D eigenvalue weighted by atomic mass is 32.2. The highest BCUT2D eigenvalue weighted by Crippen LogP contribution is 2.30. The van der Waals surface area contributed by atoms with Crippen LogP contribution in [0, 0.1) is 0 Å². The Morgan fingerprint density at radius 3 is 2.58 bits per heavy atom. The molecule has 26 heavy (non-hydrogen) atoms. The lowest BCUT2D eigenvalue weighted by Gasteiger charge is -2.09. The quantitative estimate of drug-likeness (QED) is 0.662. The van der Waals surface area contributed by atoms with E-state index in [4.69, 9.17) is 4.42 Å². The zero-order valence-corrected chi connectivity index (χ0v) is 14.0. The molecule has 2 aromatic carbocycles. The van der Waals surface area contributed by atoms with E-state index in [1.165, 1.54) is 12.1 Å². The van der Waals surface area contributed by atoms with Gasteiger partial charge in [-0.05, 0) is 30.3 Å². The van der Waals surface area contributed by atoms with Gasteiger partial charge in [-0.3, -0.25) is 4.79 Å². The van der Waals surface area contributed by atoms with Crippen molar-refractivity contribution in [2.75, 3.05) is 11.1 Å². The van der Waals surface area contributed by atoms with Crippen LogP contribution in [-0.2, 0) is 11.0 Å². The average molecular weight is 379 g/mol. The van der Waals surface area contributed by atoms with Crippen LogP contribution in [-0.4, -0.2) is 21.9 Å². The molecule has 0 bridgehead atoms. The first-order valence-electron chi connectivity index (χ1n) is 7.40. The molecule has 134 valence electrons. The number of alkyl halides is 3. The van der Waals surface area contributed by atoms with Gasteiger partial charge in [0.15, 0.2) is 0 Å². The Balaban J connectivity index is 1.57. The Morgan fingerprint density at radius 2 is 1.85 bits per heavy atom. The summed E-state index contributed by atoms with van der Waals surface area (Å²) < 4.78 is 43.5. The fourth-order valence-electron chi connectivity index (χ4n) is 2.06. The SMILES string of the molecule is O=C(CSc1nnc(-c2ccccc2)o1)Nc1cccc(C(F)(F)F)c1. The molecule has 5 nitrogen and oxygen atoms in total. The van der Waals surface area contributed by atoms with Crippen molar-refractivity contribution >= 4 is 23.4 Å². The van der Waals surface area contributed by atoms with Crippen LogP contribution >= 0.6 is 11.8 Å². The number of carbonyl (C=O) groups is 1. The number of nitrogens with zero attached hydrogens (tertiary/aromatic N) is 2. The predicted octanol–water partition coefficient (Wildman–Crippen LogP) is 4.49. The summed E-state index contributed by atoms with van der Waals surface area (Å²) in [5.41, 5.74) is -0.00597. The van der Waals surface area contributed by atoms with Crippen LogP contribution in [0.5, 0.6) is 0 Å². The fourth-order valence-corrected chi connectivity index (χ4v) is 2.63. The number of nitrogens with one attached hydrogen (secondary N) is 1. The maximum absolute atomic E-state index is 12.7. The van der Waals surface area contributed by atoms with Gasteiger partial charge < -0.3 is 9.73 Å². The number of benzene rings is 2. The third-order valence-electron chi connectivity index (χ3n) is 3.23. The fraction of sp³-hybridized carbons (Fsp3) is 0.118. The molecule has 0 saturated carbocycles. The predicted molar refractivity (Wildman–Crippen MR) is 90.5 cm³/mol. The minimum atomic E-state index is -4.47. The molecule has 0 fully saturated rings. The van der Waals surface area contributed by atoms with Crippen molar-refractivity contribution in [2.24, 2.45) is 0 Å². The molecule has 0 spiro atoms. The van der Waals surface area contributed by atoms with Gasteiger partial charge in [0, 0.05) is 11.3 Å². The lowest BCUT2D eigenvalue weighted by Crippen LogP contribution is -2.15. The monoisotopic (exact) mass is 379 g/mol. The van der Waals surface area contributed by atoms with Crippen molar-refractivity contribution in [3.63, 3.8) is 0 Å². The summed E-state index contributed by atoms with van der Waals surface area (Å²) in [6, 6.07) is 13.6. The summed E-state index contributed by atoms with van der Waals surface area (Å²) in [7, 11) is 0. The molecule has 3 aromatic rings. The molecule has 0 aliphatic rings. The lowest BCUT2D eigenvalue weighted by atomic mass is 10.2. The van der Waals surface area contributed by atoms with Crippen molar-refractivity contribution in [3.8, 4) is 11.5 Å². The summed E-state index contributed by atoms with van der Waals surface area (Å²) in [4.78, 5) is 11.9. The van der Waals surface area contributed by atoms with E-state index in [2.05, 4.69) is 15.5 Å². The van der Waals surface area contributed by atoms with Crippen LogP contribution in [0.4, 0.5) is 18.9 Å². The van der Waals surface area contributed by atoms with E-state index in [1.54, 1.807) is 0 Å². The van der Waals surface area contributed by atoms with Crippen LogP contribution in [0.15, 0.2) is 64.2 Å². The number of rotatable bonds is 5. The summed E-state index contributed by atoms with van der Waals surface area (Å²) >= 11 is 0.998. The second-order valence-corrected chi connectivity index (χ2v) is 6.08. The summed E-state index contributed by atoms with van der Waals surface area (Å²) in [6.45, 7) is 0. The first-order chi connectivity index (χ1) is 12.4. The molecule has 1 N–H and O–H groups in total. The van der Waals surface area contributed by atoms with Crippen molar-refractivity contribution in [1.29, 1.82) is 0 Å². The smallest absolute Gasteiger partial charge is 0.411 e.